The summed E-state index contributed by atoms with van der Waals surface area (Å²) in [4.78, 5) is 15.5. The summed E-state index contributed by atoms with van der Waals surface area (Å²) in [6.45, 7) is 0.0407. The average molecular weight is 326 g/mol. The number of nitrogen functional groups attached to an aromatic ring is 1. The minimum absolute atomic E-state index is 0.0407. The molecule has 0 radical (unpaired) electrons. The number of benzene rings is 1. The van der Waals surface area contributed by atoms with E-state index in [-0.39, 0.29) is 18.4 Å². The Morgan fingerprint density at radius 3 is 2.95 bits per heavy atom. The van der Waals surface area contributed by atoms with Crippen LogP contribution in [-0.2, 0) is 11.3 Å². The standard InChI is InChI=1S/C11H12BrN5O2/c1-19-9-3-7(12)2-8(4-9)15-10(18)5-17-6-14-11(13)16-17/h2-4,6H,5H2,1H3,(H2,13,16)(H,15,18). The molecule has 100 valence electrons. The van der Waals surface area contributed by atoms with E-state index in [9.17, 15) is 4.79 Å². The fourth-order valence-electron chi connectivity index (χ4n) is 1.49. The van der Waals surface area contributed by atoms with E-state index in [1.807, 2.05) is 0 Å². The molecule has 1 aromatic carbocycles. The van der Waals surface area contributed by atoms with Crippen molar-refractivity contribution in [2.75, 3.05) is 18.2 Å². The Bertz CT molecular complexity index is 599. The van der Waals surface area contributed by atoms with Crippen LogP contribution < -0.4 is 15.8 Å². The van der Waals surface area contributed by atoms with Crippen molar-refractivity contribution in [3.8, 4) is 5.75 Å². The number of methoxy groups -OCH3 is 1. The van der Waals surface area contributed by atoms with Crippen molar-refractivity contribution >= 4 is 33.5 Å². The van der Waals surface area contributed by atoms with Crippen molar-refractivity contribution in [2.24, 2.45) is 0 Å². The van der Waals surface area contributed by atoms with Crippen LogP contribution in [0.1, 0.15) is 0 Å². The maximum absolute atomic E-state index is 11.8. The largest absolute Gasteiger partial charge is 0.497 e. The van der Waals surface area contributed by atoms with Crippen molar-refractivity contribution in [1.29, 1.82) is 0 Å². The van der Waals surface area contributed by atoms with Gasteiger partial charge in [-0.1, -0.05) is 15.9 Å². The van der Waals surface area contributed by atoms with Gasteiger partial charge in [-0.3, -0.25) is 4.79 Å². The number of rotatable bonds is 4. The van der Waals surface area contributed by atoms with Gasteiger partial charge in [0, 0.05) is 16.2 Å². The number of carbonyl (C=O) groups excluding carboxylic acids is 1. The van der Waals surface area contributed by atoms with Crippen LogP contribution in [0, 0.1) is 0 Å². The van der Waals surface area contributed by atoms with Gasteiger partial charge in [0.2, 0.25) is 11.9 Å². The Morgan fingerprint density at radius 1 is 1.53 bits per heavy atom. The van der Waals surface area contributed by atoms with Gasteiger partial charge >= 0.3 is 0 Å². The highest BCUT2D eigenvalue weighted by atomic mass is 79.9. The summed E-state index contributed by atoms with van der Waals surface area (Å²) >= 11 is 3.34. The normalized spacial score (nSPS) is 10.2. The maximum atomic E-state index is 11.8. The number of anilines is 2. The molecule has 1 heterocycles. The summed E-state index contributed by atoms with van der Waals surface area (Å²) in [6.07, 6.45) is 1.40. The molecule has 8 heteroatoms. The topological polar surface area (TPSA) is 95.1 Å². The number of nitrogens with two attached hydrogens (primary N) is 1. The molecule has 0 spiro atoms. The molecule has 2 rings (SSSR count). The zero-order chi connectivity index (χ0) is 13.8. The van der Waals surface area contributed by atoms with Crippen molar-refractivity contribution in [3.63, 3.8) is 0 Å². The molecule has 1 aromatic heterocycles. The highest BCUT2D eigenvalue weighted by Gasteiger charge is 2.07. The van der Waals surface area contributed by atoms with Gasteiger partial charge in [-0.15, -0.1) is 5.10 Å². The van der Waals surface area contributed by atoms with E-state index in [1.54, 1.807) is 25.3 Å². The molecule has 0 atom stereocenters. The third-order valence-corrected chi connectivity index (χ3v) is 2.71. The monoisotopic (exact) mass is 325 g/mol. The van der Waals surface area contributed by atoms with Gasteiger partial charge in [0.25, 0.3) is 0 Å². The fourth-order valence-corrected chi connectivity index (χ4v) is 1.96. The minimum Gasteiger partial charge on any atom is -0.497 e. The molecular weight excluding hydrogens is 314 g/mol. The number of halogens is 1. The van der Waals surface area contributed by atoms with Crippen LogP contribution in [0.25, 0.3) is 0 Å². The van der Waals surface area contributed by atoms with Crippen molar-refractivity contribution in [2.45, 2.75) is 6.54 Å². The molecule has 0 aliphatic heterocycles. The second-order valence-electron chi connectivity index (χ2n) is 3.73. The highest BCUT2D eigenvalue weighted by Crippen LogP contribution is 2.24. The van der Waals surface area contributed by atoms with Crippen LogP contribution in [-0.4, -0.2) is 27.8 Å². The number of hydrogen-bond donors (Lipinski definition) is 2. The number of hydrogen-bond acceptors (Lipinski definition) is 5. The molecule has 1 amide bonds. The Kier molecular flexibility index (Phi) is 4.00. The predicted molar refractivity (Wildman–Crippen MR) is 73.8 cm³/mol. The molecule has 0 aliphatic rings. The Morgan fingerprint density at radius 2 is 2.32 bits per heavy atom. The third-order valence-electron chi connectivity index (χ3n) is 2.25. The predicted octanol–water partition coefficient (Wildman–Crippen LogP) is 1.27. The van der Waals surface area contributed by atoms with Crippen molar-refractivity contribution in [1.82, 2.24) is 14.8 Å². The van der Waals surface area contributed by atoms with Crippen molar-refractivity contribution < 1.29 is 9.53 Å². The number of amides is 1. The number of aromatic nitrogens is 3. The van der Waals surface area contributed by atoms with Gasteiger partial charge in [0.1, 0.15) is 18.6 Å². The lowest BCUT2D eigenvalue weighted by molar-refractivity contribution is -0.116. The summed E-state index contributed by atoms with van der Waals surface area (Å²) in [5.41, 5.74) is 6.00. The first-order chi connectivity index (χ1) is 9.06. The Hall–Kier alpha value is -2.09. The van der Waals surface area contributed by atoms with Crippen LogP contribution in [0.3, 0.4) is 0 Å². The molecule has 0 unspecified atom stereocenters. The van der Waals surface area contributed by atoms with E-state index in [0.717, 1.165) is 4.47 Å². The Labute approximate surface area is 117 Å². The van der Waals surface area contributed by atoms with Crippen LogP contribution in [0.5, 0.6) is 5.75 Å². The van der Waals surface area contributed by atoms with Crippen LogP contribution in [0.2, 0.25) is 0 Å². The Balaban J connectivity index is 2.04. The molecule has 19 heavy (non-hydrogen) atoms. The zero-order valence-corrected chi connectivity index (χ0v) is 11.7. The van der Waals surface area contributed by atoms with Gasteiger partial charge < -0.3 is 15.8 Å². The molecule has 0 bridgehead atoms. The summed E-state index contributed by atoms with van der Waals surface area (Å²) < 4.78 is 7.29. The minimum atomic E-state index is -0.231. The highest BCUT2D eigenvalue weighted by molar-refractivity contribution is 9.10. The molecule has 0 aliphatic carbocycles. The molecule has 3 N–H and O–H groups in total. The van der Waals surface area contributed by atoms with E-state index in [0.29, 0.717) is 11.4 Å². The van der Waals surface area contributed by atoms with Gasteiger partial charge in [-0.25, -0.2) is 9.67 Å². The zero-order valence-electron chi connectivity index (χ0n) is 10.1. The lowest BCUT2D eigenvalue weighted by atomic mass is 10.3. The summed E-state index contributed by atoms with van der Waals surface area (Å²) in [7, 11) is 1.56. The van der Waals surface area contributed by atoms with E-state index in [2.05, 4.69) is 31.3 Å². The summed E-state index contributed by atoms with van der Waals surface area (Å²) in [5, 5.41) is 6.57. The molecule has 7 nitrogen and oxygen atoms in total. The van der Waals surface area contributed by atoms with Crippen LogP contribution >= 0.6 is 15.9 Å². The first-order valence-corrected chi connectivity index (χ1v) is 6.15. The molecular formula is C11H12BrN5O2. The van der Waals surface area contributed by atoms with Gasteiger partial charge in [0.05, 0.1) is 7.11 Å². The van der Waals surface area contributed by atoms with Crippen LogP contribution in [0.4, 0.5) is 11.6 Å². The van der Waals surface area contributed by atoms with E-state index < -0.39 is 0 Å². The average Bonchev–Trinajstić information content (AvgIpc) is 2.73. The second kappa shape index (κ2) is 5.70. The molecule has 0 fully saturated rings. The van der Waals surface area contributed by atoms with E-state index in [1.165, 1.54) is 11.0 Å². The van der Waals surface area contributed by atoms with Gasteiger partial charge in [-0.05, 0) is 12.1 Å². The summed E-state index contributed by atoms with van der Waals surface area (Å²) in [6, 6.07) is 5.29. The quantitative estimate of drug-likeness (QED) is 0.882. The first-order valence-electron chi connectivity index (χ1n) is 5.36. The fraction of sp³-hybridized carbons (Fsp3) is 0.182. The molecule has 0 saturated carbocycles. The van der Waals surface area contributed by atoms with E-state index >= 15 is 0 Å². The van der Waals surface area contributed by atoms with Gasteiger partial charge in [0.15, 0.2) is 0 Å². The van der Waals surface area contributed by atoms with Gasteiger partial charge in [-0.2, -0.15) is 0 Å². The second-order valence-corrected chi connectivity index (χ2v) is 4.64. The number of nitrogens with zero attached hydrogens (tertiary/aromatic N) is 3. The number of carbonyl (C=O) groups is 1. The molecule has 0 saturated heterocycles. The number of nitrogens with one attached hydrogen (secondary N) is 1. The smallest absolute Gasteiger partial charge is 0.246 e. The lowest BCUT2D eigenvalue weighted by Crippen LogP contribution is -2.19. The first kappa shape index (κ1) is 13.3. The number of ether oxygens (including phenoxy) is 1. The SMILES string of the molecule is COc1cc(Br)cc(NC(=O)Cn2cnc(N)n2)c1. The third kappa shape index (κ3) is 3.68. The van der Waals surface area contributed by atoms with Crippen LogP contribution in [0.15, 0.2) is 29.0 Å². The summed E-state index contributed by atoms with van der Waals surface area (Å²) in [5.74, 6) is 0.552. The lowest BCUT2D eigenvalue weighted by Gasteiger charge is -2.08. The van der Waals surface area contributed by atoms with Crippen molar-refractivity contribution in [3.05, 3.63) is 29.0 Å². The van der Waals surface area contributed by atoms with E-state index in [4.69, 9.17) is 10.5 Å². The maximum Gasteiger partial charge on any atom is 0.246 e. The molecule has 2 aromatic rings.